The Kier molecular flexibility index (Phi) is 3.46. The molecule has 1 aliphatic heterocycles. The average molecular weight is 267 g/mol. The first-order chi connectivity index (χ1) is 9.83. The largest absolute Gasteiger partial charge is 0.471 e. The lowest BCUT2D eigenvalue weighted by molar-refractivity contribution is 0.0262. The molecule has 0 saturated carbocycles. The van der Waals surface area contributed by atoms with Crippen LogP contribution in [0.3, 0.4) is 0 Å². The molecular formula is C16H13NO3. The molecule has 1 unspecified atom stereocenters. The minimum absolute atomic E-state index is 0.253. The molecular weight excluding hydrogens is 254 g/mol. The van der Waals surface area contributed by atoms with Crippen LogP contribution < -0.4 is 0 Å². The van der Waals surface area contributed by atoms with Gasteiger partial charge in [0.15, 0.2) is 0 Å². The van der Waals surface area contributed by atoms with Crippen molar-refractivity contribution < 1.29 is 14.3 Å². The number of ether oxygens (including phenoxy) is 2. The monoisotopic (exact) mass is 267 g/mol. The van der Waals surface area contributed by atoms with E-state index in [1.807, 2.05) is 36.4 Å². The quantitative estimate of drug-likeness (QED) is 0.803. The fourth-order valence-electron chi connectivity index (χ4n) is 1.92. The van der Waals surface area contributed by atoms with Crippen molar-refractivity contribution in [1.82, 2.24) is 0 Å². The molecule has 0 N–H and O–H groups in total. The molecule has 100 valence electrons. The van der Waals surface area contributed by atoms with Gasteiger partial charge in [-0.25, -0.2) is 9.79 Å². The van der Waals surface area contributed by atoms with Crippen LogP contribution in [0.4, 0.5) is 0 Å². The number of benzene rings is 2. The summed E-state index contributed by atoms with van der Waals surface area (Å²) in [6, 6.07) is 18.4. The van der Waals surface area contributed by atoms with E-state index in [1.165, 1.54) is 0 Å². The maximum Gasteiger partial charge on any atom is 0.340 e. The first kappa shape index (κ1) is 12.4. The van der Waals surface area contributed by atoms with E-state index in [1.54, 1.807) is 24.3 Å². The second-order valence-electron chi connectivity index (χ2n) is 4.34. The van der Waals surface area contributed by atoms with Gasteiger partial charge in [0.2, 0.25) is 12.1 Å². The van der Waals surface area contributed by atoms with Crippen molar-refractivity contribution in [2.75, 3.05) is 6.61 Å². The summed E-state index contributed by atoms with van der Waals surface area (Å²) in [7, 11) is 0. The Hall–Kier alpha value is -2.62. The van der Waals surface area contributed by atoms with Crippen LogP contribution in [-0.4, -0.2) is 24.7 Å². The van der Waals surface area contributed by atoms with Crippen LogP contribution in [0.2, 0.25) is 0 Å². The van der Waals surface area contributed by atoms with E-state index >= 15 is 0 Å². The Morgan fingerprint density at radius 2 is 1.70 bits per heavy atom. The van der Waals surface area contributed by atoms with Crippen molar-refractivity contribution in [2.24, 2.45) is 4.99 Å². The predicted molar refractivity (Wildman–Crippen MR) is 74.6 cm³/mol. The zero-order chi connectivity index (χ0) is 13.8. The number of rotatable bonds is 3. The highest BCUT2D eigenvalue weighted by Crippen LogP contribution is 2.14. The molecule has 2 aromatic carbocycles. The highest BCUT2D eigenvalue weighted by molar-refractivity contribution is 5.95. The number of aliphatic imine (C=N–C) groups is 1. The lowest BCUT2D eigenvalue weighted by atomic mass is 10.2. The summed E-state index contributed by atoms with van der Waals surface area (Å²) in [6.07, 6.45) is -0.585. The van der Waals surface area contributed by atoms with Crippen LogP contribution in [0.25, 0.3) is 0 Å². The van der Waals surface area contributed by atoms with Gasteiger partial charge >= 0.3 is 5.97 Å². The van der Waals surface area contributed by atoms with Crippen LogP contribution in [0, 0.1) is 0 Å². The summed E-state index contributed by atoms with van der Waals surface area (Å²) in [5.41, 5.74) is 1.39. The van der Waals surface area contributed by atoms with Gasteiger partial charge in [0.05, 0.1) is 5.56 Å². The van der Waals surface area contributed by atoms with Crippen LogP contribution in [0.5, 0.6) is 0 Å². The highest BCUT2D eigenvalue weighted by Gasteiger charge is 2.23. The Morgan fingerprint density at radius 1 is 1.05 bits per heavy atom. The van der Waals surface area contributed by atoms with Crippen LogP contribution >= 0.6 is 0 Å². The highest BCUT2D eigenvalue weighted by atomic mass is 16.6. The molecule has 0 amide bonds. The third kappa shape index (κ3) is 2.69. The molecule has 1 heterocycles. The number of carbonyl (C=O) groups excluding carboxylic acids is 1. The zero-order valence-electron chi connectivity index (χ0n) is 10.7. The maximum absolute atomic E-state index is 11.9. The fourth-order valence-corrected chi connectivity index (χ4v) is 1.92. The number of hydrogen-bond donors (Lipinski definition) is 0. The van der Waals surface area contributed by atoms with Crippen molar-refractivity contribution >= 4 is 11.9 Å². The normalized spacial score (nSPS) is 17.2. The topological polar surface area (TPSA) is 47.9 Å². The van der Waals surface area contributed by atoms with E-state index in [2.05, 4.69) is 4.99 Å². The molecule has 2 aromatic rings. The Labute approximate surface area is 116 Å². The predicted octanol–water partition coefficient (Wildman–Crippen LogP) is 2.65. The molecule has 4 heteroatoms. The zero-order valence-corrected chi connectivity index (χ0v) is 10.7. The van der Waals surface area contributed by atoms with Gasteiger partial charge in [-0.3, -0.25) is 0 Å². The second kappa shape index (κ2) is 5.57. The Balaban J connectivity index is 1.68. The Morgan fingerprint density at radius 3 is 2.40 bits per heavy atom. The summed E-state index contributed by atoms with van der Waals surface area (Å²) < 4.78 is 10.8. The third-order valence-corrected chi connectivity index (χ3v) is 2.90. The SMILES string of the molecule is O=C(OC1COC(c2ccccc2)=N1)c1ccccc1. The summed E-state index contributed by atoms with van der Waals surface area (Å²) >= 11 is 0. The van der Waals surface area contributed by atoms with Gasteiger partial charge in [0.25, 0.3) is 0 Å². The van der Waals surface area contributed by atoms with Gasteiger partial charge in [-0.05, 0) is 24.3 Å². The van der Waals surface area contributed by atoms with Gasteiger partial charge in [0.1, 0.15) is 6.61 Å². The van der Waals surface area contributed by atoms with Crippen molar-refractivity contribution in [3.8, 4) is 0 Å². The standard InChI is InChI=1S/C16H13NO3/c18-16(13-9-5-2-6-10-13)20-14-11-19-15(17-14)12-7-3-1-4-8-12/h1-10,14H,11H2. The molecule has 0 radical (unpaired) electrons. The third-order valence-electron chi connectivity index (χ3n) is 2.90. The molecule has 20 heavy (non-hydrogen) atoms. The molecule has 0 aliphatic carbocycles. The first-order valence-electron chi connectivity index (χ1n) is 6.35. The molecule has 0 spiro atoms. The van der Waals surface area contributed by atoms with Gasteiger partial charge in [0, 0.05) is 5.56 Å². The minimum atomic E-state index is -0.585. The molecule has 0 fully saturated rings. The van der Waals surface area contributed by atoms with Gasteiger partial charge in [-0.15, -0.1) is 0 Å². The second-order valence-corrected chi connectivity index (χ2v) is 4.34. The number of nitrogens with zero attached hydrogens (tertiary/aromatic N) is 1. The minimum Gasteiger partial charge on any atom is -0.471 e. The summed E-state index contributed by atoms with van der Waals surface area (Å²) in [4.78, 5) is 16.2. The number of esters is 1. The fraction of sp³-hybridized carbons (Fsp3) is 0.125. The molecule has 3 rings (SSSR count). The Bertz CT molecular complexity index is 623. The van der Waals surface area contributed by atoms with Gasteiger partial charge in [-0.1, -0.05) is 36.4 Å². The van der Waals surface area contributed by atoms with E-state index in [0.29, 0.717) is 11.5 Å². The molecule has 1 atom stereocenters. The van der Waals surface area contributed by atoms with E-state index in [4.69, 9.17) is 9.47 Å². The van der Waals surface area contributed by atoms with Gasteiger partial charge < -0.3 is 9.47 Å². The van der Waals surface area contributed by atoms with Crippen LogP contribution in [0.1, 0.15) is 15.9 Å². The van der Waals surface area contributed by atoms with Crippen molar-refractivity contribution in [1.29, 1.82) is 0 Å². The number of carbonyl (C=O) groups is 1. The first-order valence-corrected chi connectivity index (χ1v) is 6.35. The molecule has 4 nitrogen and oxygen atoms in total. The number of hydrogen-bond acceptors (Lipinski definition) is 4. The summed E-state index contributed by atoms with van der Waals surface area (Å²) in [5, 5.41) is 0. The van der Waals surface area contributed by atoms with Crippen LogP contribution in [0.15, 0.2) is 65.7 Å². The maximum atomic E-state index is 11.9. The average Bonchev–Trinajstić information content (AvgIpc) is 2.97. The molecule has 0 aromatic heterocycles. The van der Waals surface area contributed by atoms with E-state index in [0.717, 1.165) is 5.56 Å². The lowest BCUT2D eigenvalue weighted by Gasteiger charge is -2.07. The van der Waals surface area contributed by atoms with Crippen molar-refractivity contribution in [2.45, 2.75) is 6.23 Å². The van der Waals surface area contributed by atoms with E-state index < -0.39 is 12.2 Å². The molecule has 0 saturated heterocycles. The molecule has 1 aliphatic rings. The van der Waals surface area contributed by atoms with Crippen molar-refractivity contribution in [3.05, 3.63) is 71.8 Å². The van der Waals surface area contributed by atoms with E-state index in [-0.39, 0.29) is 6.61 Å². The summed E-state index contributed by atoms with van der Waals surface area (Å²) in [5.74, 6) is 0.119. The van der Waals surface area contributed by atoms with Crippen molar-refractivity contribution in [3.63, 3.8) is 0 Å². The van der Waals surface area contributed by atoms with E-state index in [9.17, 15) is 4.79 Å². The van der Waals surface area contributed by atoms with Crippen LogP contribution in [-0.2, 0) is 9.47 Å². The smallest absolute Gasteiger partial charge is 0.340 e. The lowest BCUT2D eigenvalue weighted by Crippen LogP contribution is -2.17. The summed E-state index contributed by atoms with van der Waals surface area (Å²) in [6.45, 7) is 0.253. The molecule has 0 bridgehead atoms. The van der Waals surface area contributed by atoms with Gasteiger partial charge in [-0.2, -0.15) is 0 Å².